The molecule has 2 rings (SSSR count). The molecule has 1 heterocycles. The van der Waals surface area contributed by atoms with Gasteiger partial charge < -0.3 is 9.80 Å². The van der Waals surface area contributed by atoms with Crippen LogP contribution in [0.4, 0.5) is 0 Å². The molecule has 3 heteroatoms. The van der Waals surface area contributed by atoms with Gasteiger partial charge in [-0.25, -0.2) is 4.99 Å². The third kappa shape index (κ3) is 5.94. The van der Waals surface area contributed by atoms with Gasteiger partial charge in [-0.2, -0.15) is 0 Å². The maximum Gasteiger partial charge on any atom is 0.128 e. The molecule has 0 N–H and O–H groups in total. The first kappa shape index (κ1) is 23.7. The first-order valence-electron chi connectivity index (χ1n) is 11.8. The lowest BCUT2D eigenvalue weighted by molar-refractivity contribution is 0.162. The molecule has 1 aliphatic heterocycles. The normalized spacial score (nSPS) is 17.1. The summed E-state index contributed by atoms with van der Waals surface area (Å²) in [5.74, 6) is 1.76. The fourth-order valence-electron chi connectivity index (χ4n) is 4.55. The van der Waals surface area contributed by atoms with Crippen LogP contribution in [0.25, 0.3) is 0 Å². The molecule has 162 valence electrons. The SMILES string of the molecule is CCCc1cccc(CC)c1/C(C)=N/C(=C(/CC)C(C)C)N1CCN(CC)CC1. The van der Waals surface area contributed by atoms with Crippen molar-refractivity contribution in [1.29, 1.82) is 0 Å². The zero-order valence-corrected chi connectivity index (χ0v) is 20.0. The van der Waals surface area contributed by atoms with Crippen molar-refractivity contribution < 1.29 is 0 Å². The number of hydrogen-bond donors (Lipinski definition) is 0. The van der Waals surface area contributed by atoms with Gasteiger partial charge >= 0.3 is 0 Å². The Balaban J connectivity index is 2.52. The van der Waals surface area contributed by atoms with Crippen LogP contribution >= 0.6 is 0 Å². The minimum atomic E-state index is 0.521. The van der Waals surface area contributed by atoms with Crippen molar-refractivity contribution in [1.82, 2.24) is 9.80 Å². The van der Waals surface area contributed by atoms with E-state index in [1.807, 2.05) is 0 Å². The summed E-state index contributed by atoms with van der Waals surface area (Å²) < 4.78 is 0. The summed E-state index contributed by atoms with van der Waals surface area (Å²) in [5, 5.41) is 0. The molecule has 0 atom stereocenters. The van der Waals surface area contributed by atoms with Gasteiger partial charge in [-0.05, 0) is 55.3 Å². The maximum atomic E-state index is 5.37. The fourth-order valence-corrected chi connectivity index (χ4v) is 4.55. The summed E-state index contributed by atoms with van der Waals surface area (Å²) in [6.07, 6.45) is 4.41. The number of piperazine rings is 1. The summed E-state index contributed by atoms with van der Waals surface area (Å²) in [7, 11) is 0. The third-order valence-corrected chi connectivity index (χ3v) is 6.26. The molecule has 1 aliphatic rings. The van der Waals surface area contributed by atoms with Gasteiger partial charge in [0.05, 0.1) is 0 Å². The Hall–Kier alpha value is -1.61. The van der Waals surface area contributed by atoms with Crippen LogP contribution in [-0.2, 0) is 12.8 Å². The van der Waals surface area contributed by atoms with Gasteiger partial charge in [-0.15, -0.1) is 0 Å². The highest BCUT2D eigenvalue weighted by Crippen LogP contribution is 2.26. The van der Waals surface area contributed by atoms with Crippen molar-refractivity contribution in [3.63, 3.8) is 0 Å². The molecule has 0 amide bonds. The number of aliphatic imine (C=N–C) groups is 1. The van der Waals surface area contributed by atoms with Crippen molar-refractivity contribution in [3.05, 3.63) is 46.3 Å². The van der Waals surface area contributed by atoms with Crippen molar-refractivity contribution in [2.45, 2.75) is 74.1 Å². The zero-order valence-electron chi connectivity index (χ0n) is 20.0. The van der Waals surface area contributed by atoms with E-state index in [4.69, 9.17) is 4.99 Å². The Kier molecular flexibility index (Phi) is 9.42. The second kappa shape index (κ2) is 11.5. The Morgan fingerprint density at radius 3 is 2.17 bits per heavy atom. The molecular formula is C26H43N3. The molecule has 0 spiro atoms. The van der Waals surface area contributed by atoms with Crippen LogP contribution in [0.5, 0.6) is 0 Å². The van der Waals surface area contributed by atoms with Gasteiger partial charge in [0, 0.05) is 37.5 Å². The number of allylic oxidation sites excluding steroid dienone is 1. The molecule has 1 aromatic rings. The van der Waals surface area contributed by atoms with Crippen molar-refractivity contribution >= 4 is 5.71 Å². The highest BCUT2D eigenvalue weighted by atomic mass is 15.3. The summed E-state index contributed by atoms with van der Waals surface area (Å²) in [5.41, 5.74) is 6.94. The number of benzene rings is 1. The summed E-state index contributed by atoms with van der Waals surface area (Å²) >= 11 is 0. The zero-order chi connectivity index (χ0) is 21.4. The molecule has 0 aliphatic carbocycles. The number of likely N-dealkylation sites (N-methyl/N-ethyl adjacent to an activating group) is 1. The molecule has 1 fully saturated rings. The molecular weight excluding hydrogens is 354 g/mol. The smallest absolute Gasteiger partial charge is 0.128 e. The van der Waals surface area contributed by atoms with Crippen LogP contribution in [0, 0.1) is 5.92 Å². The molecule has 0 aromatic heterocycles. The average molecular weight is 398 g/mol. The third-order valence-electron chi connectivity index (χ3n) is 6.26. The average Bonchev–Trinajstić information content (AvgIpc) is 2.73. The molecule has 1 saturated heterocycles. The lowest BCUT2D eigenvalue weighted by Crippen LogP contribution is -2.45. The van der Waals surface area contributed by atoms with Crippen LogP contribution in [0.3, 0.4) is 0 Å². The molecule has 3 nitrogen and oxygen atoms in total. The number of aryl methyl sites for hydroxylation is 2. The highest BCUT2D eigenvalue weighted by Gasteiger charge is 2.22. The van der Waals surface area contributed by atoms with E-state index in [-0.39, 0.29) is 0 Å². The highest BCUT2D eigenvalue weighted by molar-refractivity contribution is 6.02. The van der Waals surface area contributed by atoms with Gasteiger partial charge in [-0.3, -0.25) is 0 Å². The van der Waals surface area contributed by atoms with Gasteiger partial charge in [0.2, 0.25) is 0 Å². The largest absolute Gasteiger partial charge is 0.354 e. The summed E-state index contributed by atoms with van der Waals surface area (Å²) in [4.78, 5) is 10.5. The van der Waals surface area contributed by atoms with E-state index in [0.717, 1.165) is 52.0 Å². The van der Waals surface area contributed by atoms with E-state index in [1.165, 1.54) is 40.2 Å². The molecule has 0 radical (unpaired) electrons. The minimum Gasteiger partial charge on any atom is -0.354 e. The first-order chi connectivity index (χ1) is 14.0. The molecule has 0 saturated carbocycles. The second-order valence-corrected chi connectivity index (χ2v) is 8.53. The van der Waals surface area contributed by atoms with Gasteiger partial charge in [-0.1, -0.05) is 66.2 Å². The van der Waals surface area contributed by atoms with Crippen LogP contribution in [0.1, 0.15) is 78.0 Å². The first-order valence-corrected chi connectivity index (χ1v) is 11.8. The molecule has 29 heavy (non-hydrogen) atoms. The molecule has 1 aromatic carbocycles. The monoisotopic (exact) mass is 397 g/mol. The molecule has 0 bridgehead atoms. The lowest BCUT2D eigenvalue weighted by Gasteiger charge is -2.37. The van der Waals surface area contributed by atoms with Crippen LogP contribution < -0.4 is 0 Å². The van der Waals surface area contributed by atoms with Crippen molar-refractivity contribution in [2.24, 2.45) is 10.9 Å². The van der Waals surface area contributed by atoms with Gasteiger partial charge in [0.25, 0.3) is 0 Å². The van der Waals surface area contributed by atoms with Crippen LogP contribution in [0.2, 0.25) is 0 Å². The Morgan fingerprint density at radius 1 is 1.00 bits per heavy atom. The van der Waals surface area contributed by atoms with Gasteiger partial charge in [0.1, 0.15) is 5.82 Å². The fraction of sp³-hybridized carbons (Fsp3) is 0.654. The van der Waals surface area contributed by atoms with E-state index in [1.54, 1.807) is 0 Å². The van der Waals surface area contributed by atoms with Crippen LogP contribution in [0.15, 0.2) is 34.6 Å². The standard InChI is InChI=1S/C26H43N3/c1-8-13-23-15-12-14-22(9-2)25(23)21(7)27-26(24(10-3)20(5)6)29-18-16-28(11-4)17-19-29/h12,14-15,20H,8-11,13,16-19H2,1-7H3/b26-24+,27-21+. The van der Waals surface area contributed by atoms with E-state index < -0.39 is 0 Å². The van der Waals surface area contributed by atoms with E-state index in [2.05, 4.69) is 76.5 Å². The predicted octanol–water partition coefficient (Wildman–Crippen LogP) is 5.93. The van der Waals surface area contributed by atoms with Crippen molar-refractivity contribution in [3.8, 4) is 0 Å². The number of hydrogen-bond acceptors (Lipinski definition) is 3. The maximum absolute atomic E-state index is 5.37. The van der Waals surface area contributed by atoms with Gasteiger partial charge in [0.15, 0.2) is 0 Å². The number of rotatable bonds is 9. The lowest BCUT2D eigenvalue weighted by atomic mass is 9.93. The Morgan fingerprint density at radius 2 is 1.66 bits per heavy atom. The quantitative estimate of drug-likeness (QED) is 0.481. The minimum absolute atomic E-state index is 0.521. The predicted molar refractivity (Wildman–Crippen MR) is 128 cm³/mol. The second-order valence-electron chi connectivity index (χ2n) is 8.53. The van der Waals surface area contributed by atoms with E-state index in [9.17, 15) is 0 Å². The Bertz CT molecular complexity index is 707. The van der Waals surface area contributed by atoms with Crippen LogP contribution in [-0.4, -0.2) is 48.2 Å². The summed E-state index contributed by atoms with van der Waals surface area (Å²) in [6, 6.07) is 6.79. The molecule has 0 unspecified atom stereocenters. The topological polar surface area (TPSA) is 18.8 Å². The van der Waals surface area contributed by atoms with E-state index in [0.29, 0.717) is 5.92 Å². The summed E-state index contributed by atoms with van der Waals surface area (Å²) in [6.45, 7) is 21.5. The van der Waals surface area contributed by atoms with Crippen molar-refractivity contribution in [2.75, 3.05) is 32.7 Å². The van der Waals surface area contributed by atoms with E-state index >= 15 is 0 Å². The Labute approximate surface area is 179 Å². The number of nitrogens with zero attached hydrogens (tertiary/aromatic N) is 3.